The molecule has 0 aliphatic carbocycles. The largest absolute Gasteiger partial charge is 0.493 e. The number of aromatic carboxylic acids is 1. The van der Waals surface area contributed by atoms with Crippen molar-refractivity contribution in [2.75, 3.05) is 12.4 Å². The Labute approximate surface area is 208 Å². The number of carboxylic acid groups (broad SMARTS) is 1. The van der Waals surface area contributed by atoms with Crippen molar-refractivity contribution in [3.05, 3.63) is 71.9 Å². The normalized spacial score (nSPS) is 13.7. The van der Waals surface area contributed by atoms with Crippen LogP contribution in [0.25, 0.3) is 33.2 Å². The predicted molar refractivity (Wildman–Crippen MR) is 139 cm³/mol. The highest BCUT2D eigenvalue weighted by molar-refractivity contribution is 6.03. The average Bonchev–Trinajstić information content (AvgIpc) is 3.18. The van der Waals surface area contributed by atoms with Crippen molar-refractivity contribution in [2.45, 2.75) is 32.8 Å². The molecule has 0 fully saturated rings. The van der Waals surface area contributed by atoms with E-state index >= 15 is 0 Å². The predicted octanol–water partition coefficient (Wildman–Crippen LogP) is 5.95. The van der Waals surface area contributed by atoms with Crippen molar-refractivity contribution in [2.24, 2.45) is 0 Å². The highest BCUT2D eigenvalue weighted by Crippen LogP contribution is 2.48. The highest BCUT2D eigenvalue weighted by Gasteiger charge is 2.35. The molecule has 1 aliphatic heterocycles. The molecule has 0 saturated heterocycles. The summed E-state index contributed by atoms with van der Waals surface area (Å²) in [7, 11) is 1.58. The number of hydrogen-bond acceptors (Lipinski definition) is 5. The van der Waals surface area contributed by atoms with Crippen molar-refractivity contribution >= 4 is 28.3 Å². The van der Waals surface area contributed by atoms with Crippen molar-refractivity contribution in [3.63, 3.8) is 0 Å². The lowest BCUT2D eigenvalue weighted by Crippen LogP contribution is -2.24. The summed E-state index contributed by atoms with van der Waals surface area (Å²) in [4.78, 5) is 27.9. The number of nitrogens with one attached hydrogen (secondary N) is 1. The van der Waals surface area contributed by atoms with Crippen LogP contribution in [0, 0.1) is 0 Å². The third-order valence-corrected chi connectivity index (χ3v) is 6.23. The molecule has 2 heterocycles. The molecule has 7 nitrogen and oxygen atoms in total. The number of carbonyl (C=O) groups excluding carboxylic acids is 1. The molecule has 0 radical (unpaired) electrons. The molecule has 1 aliphatic rings. The maximum absolute atomic E-state index is 12.0. The van der Waals surface area contributed by atoms with Gasteiger partial charge >= 0.3 is 5.97 Å². The minimum Gasteiger partial charge on any atom is -0.493 e. The molecule has 1 aromatic heterocycles. The Balaban J connectivity index is 1.70. The number of carbonyl (C=O) groups is 2. The zero-order valence-electron chi connectivity index (χ0n) is 20.5. The molecule has 3 aromatic carbocycles. The molecule has 5 rings (SSSR count). The van der Waals surface area contributed by atoms with Gasteiger partial charge in [-0.3, -0.25) is 4.79 Å². The first kappa shape index (κ1) is 23.4. The van der Waals surface area contributed by atoms with Crippen molar-refractivity contribution < 1.29 is 24.2 Å². The Kier molecular flexibility index (Phi) is 5.63. The third kappa shape index (κ3) is 4.24. The summed E-state index contributed by atoms with van der Waals surface area (Å²) in [6.07, 6.45) is 0.640. The van der Waals surface area contributed by atoms with Crippen LogP contribution < -0.4 is 14.8 Å². The lowest BCUT2D eigenvalue weighted by atomic mass is 9.92. The SMILES string of the molecule is COc1cc2cc(C(=O)O)nc(-c3cccc(-c4ccc(NC(C)=O)cc4)c3)c2c2c1OC(C)(C)C2. The summed E-state index contributed by atoms with van der Waals surface area (Å²) in [6, 6.07) is 18.8. The Morgan fingerprint density at radius 3 is 2.42 bits per heavy atom. The van der Waals surface area contributed by atoms with Crippen LogP contribution in [0.15, 0.2) is 60.7 Å². The number of methoxy groups -OCH3 is 1. The van der Waals surface area contributed by atoms with E-state index in [9.17, 15) is 14.7 Å². The van der Waals surface area contributed by atoms with Crippen LogP contribution in [0.4, 0.5) is 5.69 Å². The first-order valence-corrected chi connectivity index (χ1v) is 11.6. The fourth-order valence-corrected chi connectivity index (χ4v) is 4.75. The number of pyridine rings is 1. The Morgan fingerprint density at radius 2 is 1.75 bits per heavy atom. The maximum atomic E-state index is 12.0. The molecule has 0 atom stereocenters. The fraction of sp³-hybridized carbons (Fsp3) is 0.207. The van der Waals surface area contributed by atoms with Gasteiger partial charge in [0.05, 0.1) is 12.8 Å². The Bertz CT molecular complexity index is 1520. The van der Waals surface area contributed by atoms with Crippen LogP contribution in [-0.2, 0) is 11.2 Å². The van der Waals surface area contributed by atoms with Crippen LogP contribution >= 0.6 is 0 Å². The topological polar surface area (TPSA) is 97.8 Å². The molecule has 4 aromatic rings. The minimum absolute atomic E-state index is 0.0391. The number of amides is 1. The van der Waals surface area contributed by atoms with Crippen LogP contribution in [0.3, 0.4) is 0 Å². The van der Waals surface area contributed by atoms with E-state index in [-0.39, 0.29) is 11.6 Å². The number of carboxylic acids is 1. The molecule has 2 N–H and O–H groups in total. The monoisotopic (exact) mass is 482 g/mol. The van der Waals surface area contributed by atoms with E-state index in [4.69, 9.17) is 9.47 Å². The number of aromatic nitrogens is 1. The standard InChI is InChI=1S/C29H26N2O5/c1-16(32)30-21-10-8-17(9-11-21)18-6-5-7-19(12-18)26-25-20(13-23(31-26)28(33)34)14-24(35-4)27-22(25)15-29(2,3)36-27/h5-14H,15H2,1-4H3,(H,30,32)(H,33,34). The van der Waals surface area contributed by atoms with Gasteiger partial charge in [0.1, 0.15) is 11.3 Å². The molecule has 36 heavy (non-hydrogen) atoms. The second-order valence-electron chi connectivity index (χ2n) is 9.52. The van der Waals surface area contributed by atoms with Gasteiger partial charge in [0.2, 0.25) is 5.91 Å². The zero-order valence-corrected chi connectivity index (χ0v) is 20.5. The van der Waals surface area contributed by atoms with Gasteiger partial charge in [-0.25, -0.2) is 9.78 Å². The molecule has 0 spiro atoms. The summed E-state index contributed by atoms with van der Waals surface area (Å²) in [6.45, 7) is 5.50. The lowest BCUT2D eigenvalue weighted by Gasteiger charge is -2.17. The number of rotatable bonds is 5. The summed E-state index contributed by atoms with van der Waals surface area (Å²) in [5.74, 6) is 0.0201. The molecule has 0 saturated carbocycles. The first-order valence-electron chi connectivity index (χ1n) is 11.6. The van der Waals surface area contributed by atoms with E-state index in [1.54, 1.807) is 13.2 Å². The number of hydrogen-bond donors (Lipinski definition) is 2. The number of benzene rings is 3. The van der Waals surface area contributed by atoms with Crippen LogP contribution in [0.5, 0.6) is 11.5 Å². The van der Waals surface area contributed by atoms with E-state index < -0.39 is 11.6 Å². The maximum Gasteiger partial charge on any atom is 0.354 e. The first-order chi connectivity index (χ1) is 17.1. The van der Waals surface area contributed by atoms with E-state index in [2.05, 4.69) is 10.3 Å². The molecular formula is C29H26N2O5. The van der Waals surface area contributed by atoms with Crippen LogP contribution in [-0.4, -0.2) is 34.7 Å². The third-order valence-electron chi connectivity index (χ3n) is 6.23. The van der Waals surface area contributed by atoms with E-state index in [0.717, 1.165) is 38.7 Å². The number of anilines is 1. The van der Waals surface area contributed by atoms with Gasteiger partial charge in [-0.15, -0.1) is 0 Å². The smallest absolute Gasteiger partial charge is 0.354 e. The van der Waals surface area contributed by atoms with Crippen molar-refractivity contribution in [1.29, 1.82) is 0 Å². The van der Waals surface area contributed by atoms with Gasteiger partial charge in [0.15, 0.2) is 11.5 Å². The fourth-order valence-electron chi connectivity index (χ4n) is 4.75. The summed E-state index contributed by atoms with van der Waals surface area (Å²) < 4.78 is 11.8. The second-order valence-corrected chi connectivity index (χ2v) is 9.52. The zero-order chi connectivity index (χ0) is 25.6. The molecule has 0 bridgehead atoms. The molecule has 0 unspecified atom stereocenters. The van der Waals surface area contributed by atoms with Crippen molar-refractivity contribution in [1.82, 2.24) is 4.98 Å². The van der Waals surface area contributed by atoms with Crippen LogP contribution in [0.1, 0.15) is 36.8 Å². The number of ether oxygens (including phenoxy) is 2. The molecule has 182 valence electrons. The molecular weight excluding hydrogens is 456 g/mol. The summed E-state index contributed by atoms with van der Waals surface area (Å²) in [5, 5.41) is 14.2. The van der Waals surface area contributed by atoms with Gasteiger partial charge < -0.3 is 19.9 Å². The lowest BCUT2D eigenvalue weighted by molar-refractivity contribution is -0.114. The molecule has 7 heteroatoms. The van der Waals surface area contributed by atoms with Gasteiger partial charge in [-0.2, -0.15) is 0 Å². The average molecular weight is 483 g/mol. The van der Waals surface area contributed by atoms with Crippen molar-refractivity contribution in [3.8, 4) is 33.9 Å². The van der Waals surface area contributed by atoms with Gasteiger partial charge in [-0.1, -0.05) is 30.3 Å². The summed E-state index contributed by atoms with van der Waals surface area (Å²) in [5.41, 5.74) is 4.49. The minimum atomic E-state index is -1.10. The second kappa shape index (κ2) is 8.68. The summed E-state index contributed by atoms with van der Waals surface area (Å²) >= 11 is 0. The van der Waals surface area contributed by atoms with Gasteiger partial charge in [0.25, 0.3) is 0 Å². The van der Waals surface area contributed by atoms with E-state index in [1.165, 1.54) is 6.92 Å². The number of nitrogens with zero attached hydrogens (tertiary/aromatic N) is 1. The Morgan fingerprint density at radius 1 is 1.03 bits per heavy atom. The Hall–Kier alpha value is -4.39. The van der Waals surface area contributed by atoms with Crippen LogP contribution in [0.2, 0.25) is 0 Å². The molecule has 1 amide bonds. The van der Waals surface area contributed by atoms with Gasteiger partial charge in [-0.05, 0) is 60.7 Å². The van der Waals surface area contributed by atoms with Gasteiger partial charge in [0, 0.05) is 35.5 Å². The highest BCUT2D eigenvalue weighted by atomic mass is 16.5. The quantitative estimate of drug-likeness (QED) is 0.365. The van der Waals surface area contributed by atoms with E-state index in [1.807, 2.05) is 68.4 Å². The number of fused-ring (bicyclic) bond motifs is 3. The van der Waals surface area contributed by atoms with E-state index in [0.29, 0.717) is 23.6 Å².